The van der Waals surface area contributed by atoms with Crippen molar-refractivity contribution in [3.63, 3.8) is 0 Å². The minimum atomic E-state index is -0.216. The molecular weight excluding hydrogens is 204 g/mol. The van der Waals surface area contributed by atoms with E-state index in [0.717, 1.165) is 5.69 Å². The Bertz CT molecular complexity index is 366. The van der Waals surface area contributed by atoms with E-state index in [9.17, 15) is 9.59 Å². The summed E-state index contributed by atoms with van der Waals surface area (Å²) in [5.74, 6) is -0.331. The third-order valence-electron chi connectivity index (χ3n) is 2.46. The summed E-state index contributed by atoms with van der Waals surface area (Å²) in [6.07, 6.45) is 1.81. The Kier molecular flexibility index (Phi) is 3.88. The van der Waals surface area contributed by atoms with E-state index in [-0.39, 0.29) is 23.5 Å². The van der Waals surface area contributed by atoms with E-state index in [1.165, 1.54) is 6.92 Å². The molecule has 0 aliphatic heterocycles. The SMILES string of the molecule is CC(=O)CC(=O)NCC(C)(C)c1ccc[nH]1. The molecule has 4 nitrogen and oxygen atoms in total. The highest BCUT2D eigenvalue weighted by atomic mass is 16.2. The fraction of sp³-hybridized carbons (Fsp3) is 0.500. The molecule has 1 amide bonds. The Balaban J connectivity index is 2.48. The van der Waals surface area contributed by atoms with Crippen LogP contribution in [0.5, 0.6) is 0 Å². The van der Waals surface area contributed by atoms with Crippen LogP contribution in [0.1, 0.15) is 32.9 Å². The molecule has 0 saturated carbocycles. The number of carbonyl (C=O) groups is 2. The van der Waals surface area contributed by atoms with Crippen LogP contribution in [0.25, 0.3) is 0 Å². The zero-order valence-corrected chi connectivity index (χ0v) is 9.96. The second-order valence-electron chi connectivity index (χ2n) is 4.62. The maximum absolute atomic E-state index is 11.3. The molecule has 2 N–H and O–H groups in total. The molecule has 1 rings (SSSR count). The molecule has 1 aromatic heterocycles. The minimum Gasteiger partial charge on any atom is -0.364 e. The smallest absolute Gasteiger partial charge is 0.227 e. The van der Waals surface area contributed by atoms with Crippen LogP contribution in [0, 0.1) is 0 Å². The average Bonchev–Trinajstić information content (AvgIpc) is 2.67. The monoisotopic (exact) mass is 222 g/mol. The summed E-state index contributed by atoms with van der Waals surface area (Å²) < 4.78 is 0. The summed E-state index contributed by atoms with van der Waals surface area (Å²) in [4.78, 5) is 25.2. The Labute approximate surface area is 95.4 Å². The van der Waals surface area contributed by atoms with Crippen LogP contribution in [-0.2, 0) is 15.0 Å². The average molecular weight is 222 g/mol. The number of aromatic amines is 1. The van der Waals surface area contributed by atoms with Crippen molar-refractivity contribution in [2.45, 2.75) is 32.6 Å². The number of aromatic nitrogens is 1. The van der Waals surface area contributed by atoms with Crippen LogP contribution in [0.2, 0.25) is 0 Å². The van der Waals surface area contributed by atoms with E-state index in [1.807, 2.05) is 32.2 Å². The second kappa shape index (κ2) is 4.96. The fourth-order valence-corrected chi connectivity index (χ4v) is 1.45. The van der Waals surface area contributed by atoms with E-state index in [4.69, 9.17) is 0 Å². The Morgan fingerprint density at radius 2 is 2.12 bits per heavy atom. The highest BCUT2D eigenvalue weighted by Gasteiger charge is 2.22. The van der Waals surface area contributed by atoms with Gasteiger partial charge in [-0.2, -0.15) is 0 Å². The van der Waals surface area contributed by atoms with Gasteiger partial charge in [0.25, 0.3) is 0 Å². The number of Topliss-reactive ketones (excluding diaryl/α,β-unsaturated/α-hetero) is 1. The van der Waals surface area contributed by atoms with Crippen molar-refractivity contribution in [3.05, 3.63) is 24.0 Å². The molecule has 1 heterocycles. The van der Waals surface area contributed by atoms with Gasteiger partial charge in [0.05, 0.1) is 6.42 Å². The molecule has 0 atom stereocenters. The zero-order chi connectivity index (χ0) is 12.2. The van der Waals surface area contributed by atoms with Gasteiger partial charge in [0.2, 0.25) is 5.91 Å². The Morgan fingerprint density at radius 3 is 2.62 bits per heavy atom. The third-order valence-corrected chi connectivity index (χ3v) is 2.46. The van der Waals surface area contributed by atoms with Crippen LogP contribution in [0.3, 0.4) is 0 Å². The lowest BCUT2D eigenvalue weighted by Crippen LogP contribution is -2.37. The van der Waals surface area contributed by atoms with E-state index in [2.05, 4.69) is 10.3 Å². The van der Waals surface area contributed by atoms with Gasteiger partial charge in [0.1, 0.15) is 5.78 Å². The Hall–Kier alpha value is -1.58. The summed E-state index contributed by atoms with van der Waals surface area (Å²) >= 11 is 0. The molecule has 0 aromatic carbocycles. The minimum absolute atomic E-state index is 0.0409. The third kappa shape index (κ3) is 3.53. The zero-order valence-electron chi connectivity index (χ0n) is 9.96. The molecule has 0 aliphatic rings. The number of amides is 1. The first kappa shape index (κ1) is 12.5. The van der Waals surface area contributed by atoms with Crippen LogP contribution in [0.15, 0.2) is 18.3 Å². The van der Waals surface area contributed by atoms with Crippen molar-refractivity contribution in [1.29, 1.82) is 0 Å². The first-order valence-electron chi connectivity index (χ1n) is 5.32. The maximum atomic E-state index is 11.3. The summed E-state index contributed by atoms with van der Waals surface area (Å²) in [7, 11) is 0. The quantitative estimate of drug-likeness (QED) is 0.739. The van der Waals surface area contributed by atoms with Gasteiger partial charge in [-0.15, -0.1) is 0 Å². The number of nitrogens with one attached hydrogen (secondary N) is 2. The van der Waals surface area contributed by atoms with E-state index in [0.29, 0.717) is 6.54 Å². The van der Waals surface area contributed by atoms with Crippen LogP contribution in [-0.4, -0.2) is 23.2 Å². The van der Waals surface area contributed by atoms with Gasteiger partial charge in [-0.1, -0.05) is 13.8 Å². The molecule has 0 fully saturated rings. The van der Waals surface area contributed by atoms with Gasteiger partial charge in [0, 0.05) is 23.9 Å². The molecule has 0 radical (unpaired) electrons. The lowest BCUT2D eigenvalue weighted by molar-refractivity contribution is -0.127. The molecule has 4 heteroatoms. The molecule has 0 spiro atoms. The predicted octanol–water partition coefficient (Wildman–Crippen LogP) is 1.39. The fourth-order valence-electron chi connectivity index (χ4n) is 1.45. The lowest BCUT2D eigenvalue weighted by Gasteiger charge is -2.23. The summed E-state index contributed by atoms with van der Waals surface area (Å²) in [6.45, 7) is 6.00. The van der Waals surface area contributed by atoms with Crippen molar-refractivity contribution >= 4 is 11.7 Å². The van der Waals surface area contributed by atoms with Crippen LogP contribution < -0.4 is 5.32 Å². The van der Waals surface area contributed by atoms with Gasteiger partial charge in [-0.25, -0.2) is 0 Å². The van der Waals surface area contributed by atoms with Crippen molar-refractivity contribution in [2.24, 2.45) is 0 Å². The van der Waals surface area contributed by atoms with Gasteiger partial charge in [0.15, 0.2) is 0 Å². The number of H-pyrrole nitrogens is 1. The molecule has 0 saturated heterocycles. The van der Waals surface area contributed by atoms with Crippen LogP contribution in [0.4, 0.5) is 0 Å². The highest BCUT2D eigenvalue weighted by molar-refractivity contribution is 5.96. The normalized spacial score (nSPS) is 11.2. The lowest BCUT2D eigenvalue weighted by atomic mass is 9.89. The number of hydrogen-bond acceptors (Lipinski definition) is 2. The van der Waals surface area contributed by atoms with Crippen molar-refractivity contribution in [3.8, 4) is 0 Å². The largest absolute Gasteiger partial charge is 0.364 e. The van der Waals surface area contributed by atoms with Crippen molar-refractivity contribution < 1.29 is 9.59 Å². The maximum Gasteiger partial charge on any atom is 0.227 e. The molecule has 0 unspecified atom stereocenters. The first-order valence-corrected chi connectivity index (χ1v) is 5.32. The Morgan fingerprint density at radius 1 is 1.44 bits per heavy atom. The molecule has 0 aliphatic carbocycles. The second-order valence-corrected chi connectivity index (χ2v) is 4.62. The molecule has 16 heavy (non-hydrogen) atoms. The predicted molar refractivity (Wildman–Crippen MR) is 62.1 cm³/mol. The van der Waals surface area contributed by atoms with Gasteiger partial charge < -0.3 is 10.3 Å². The van der Waals surface area contributed by atoms with E-state index >= 15 is 0 Å². The van der Waals surface area contributed by atoms with Crippen molar-refractivity contribution in [2.75, 3.05) is 6.54 Å². The number of rotatable bonds is 5. The summed E-state index contributed by atoms with van der Waals surface area (Å²) in [5.41, 5.74) is 0.909. The highest BCUT2D eigenvalue weighted by Crippen LogP contribution is 2.19. The number of carbonyl (C=O) groups excluding carboxylic acids is 2. The van der Waals surface area contributed by atoms with Crippen LogP contribution >= 0.6 is 0 Å². The van der Waals surface area contributed by atoms with Gasteiger partial charge >= 0.3 is 0 Å². The van der Waals surface area contributed by atoms with Gasteiger partial charge in [-0.05, 0) is 19.1 Å². The summed E-state index contributed by atoms with van der Waals surface area (Å²) in [6, 6.07) is 3.91. The molecule has 88 valence electrons. The van der Waals surface area contributed by atoms with Gasteiger partial charge in [-0.3, -0.25) is 9.59 Å². The number of ketones is 1. The van der Waals surface area contributed by atoms with Crippen molar-refractivity contribution in [1.82, 2.24) is 10.3 Å². The molecule has 0 bridgehead atoms. The summed E-state index contributed by atoms with van der Waals surface area (Å²) in [5, 5.41) is 2.76. The topological polar surface area (TPSA) is 62.0 Å². The number of hydrogen-bond donors (Lipinski definition) is 2. The first-order chi connectivity index (χ1) is 7.42. The molecular formula is C12H18N2O2. The van der Waals surface area contributed by atoms with E-state index < -0.39 is 0 Å². The molecule has 1 aromatic rings. The van der Waals surface area contributed by atoms with E-state index in [1.54, 1.807) is 0 Å². The standard InChI is InChI=1S/C12H18N2O2/c1-9(15)7-11(16)14-8-12(2,3)10-5-4-6-13-10/h4-6,13H,7-8H2,1-3H3,(H,14,16).